The van der Waals surface area contributed by atoms with Crippen molar-refractivity contribution in [2.75, 3.05) is 6.61 Å². The van der Waals surface area contributed by atoms with Crippen LogP contribution in [0.15, 0.2) is 42.5 Å². The van der Waals surface area contributed by atoms with Crippen molar-refractivity contribution in [3.63, 3.8) is 0 Å². The van der Waals surface area contributed by atoms with Gasteiger partial charge in [-0.05, 0) is 56.3 Å². The summed E-state index contributed by atoms with van der Waals surface area (Å²) in [5.74, 6) is 0.159. The molecule has 0 N–H and O–H groups in total. The van der Waals surface area contributed by atoms with Crippen LogP contribution in [0.1, 0.15) is 35.8 Å². The maximum Gasteiger partial charge on any atom is 0.254 e. The van der Waals surface area contributed by atoms with Gasteiger partial charge in [-0.2, -0.15) is 0 Å². The van der Waals surface area contributed by atoms with E-state index in [0.29, 0.717) is 28.5 Å². The number of benzene rings is 2. The van der Waals surface area contributed by atoms with Crippen molar-refractivity contribution in [2.45, 2.75) is 25.9 Å². The van der Waals surface area contributed by atoms with Gasteiger partial charge in [-0.3, -0.25) is 4.79 Å². The van der Waals surface area contributed by atoms with E-state index in [1.165, 1.54) is 12.1 Å². The summed E-state index contributed by atoms with van der Waals surface area (Å²) < 4.78 is 19.4. The molecule has 0 fully saturated rings. The third kappa shape index (κ3) is 3.04. The van der Waals surface area contributed by atoms with E-state index < -0.39 is 0 Å². The number of ether oxygens (including phenoxy) is 1. The first-order chi connectivity index (χ1) is 11.0. The van der Waals surface area contributed by atoms with Crippen LogP contribution in [0.25, 0.3) is 0 Å². The highest BCUT2D eigenvalue weighted by atomic mass is 35.5. The van der Waals surface area contributed by atoms with Crippen molar-refractivity contribution >= 4 is 17.5 Å². The van der Waals surface area contributed by atoms with Crippen molar-refractivity contribution < 1.29 is 13.9 Å². The molecule has 2 aromatic rings. The largest absolute Gasteiger partial charge is 0.491 e. The van der Waals surface area contributed by atoms with E-state index in [1.54, 1.807) is 35.2 Å². The summed E-state index contributed by atoms with van der Waals surface area (Å²) in [5.41, 5.74) is 1.23. The molecule has 0 aromatic heterocycles. The summed E-state index contributed by atoms with van der Waals surface area (Å²) in [6, 6.07) is 10.8. The average Bonchev–Trinajstić information content (AvgIpc) is 2.65. The summed E-state index contributed by atoms with van der Waals surface area (Å²) in [4.78, 5) is 14.6. The van der Waals surface area contributed by atoms with Crippen LogP contribution >= 0.6 is 11.6 Å². The van der Waals surface area contributed by atoms with E-state index in [1.807, 2.05) is 13.8 Å². The molecule has 0 saturated carbocycles. The number of hydrogen-bond acceptors (Lipinski definition) is 2. The van der Waals surface area contributed by atoms with Crippen molar-refractivity contribution in [1.29, 1.82) is 0 Å². The molecule has 0 aliphatic carbocycles. The molecule has 5 heteroatoms. The first-order valence-corrected chi connectivity index (χ1v) is 7.85. The molecule has 3 rings (SSSR count). The van der Waals surface area contributed by atoms with Gasteiger partial charge in [-0.25, -0.2) is 4.39 Å². The standard InChI is InChI=1S/C18H17ClFNO2/c1-11-10-23-17-8-7-15(20)9-16(17)12(2)21(11)18(22)13-3-5-14(19)6-4-13/h3-9,11-12H,10H2,1-2H3/t11-,12+/m1/s1. The monoisotopic (exact) mass is 333 g/mol. The number of rotatable bonds is 1. The predicted octanol–water partition coefficient (Wildman–Crippen LogP) is 4.46. The molecule has 2 atom stereocenters. The highest BCUT2D eigenvalue weighted by molar-refractivity contribution is 6.30. The Bertz CT molecular complexity index is 732. The van der Waals surface area contributed by atoms with Gasteiger partial charge < -0.3 is 9.64 Å². The lowest BCUT2D eigenvalue weighted by molar-refractivity contribution is 0.0575. The van der Waals surface area contributed by atoms with Gasteiger partial charge in [-0.15, -0.1) is 0 Å². The van der Waals surface area contributed by atoms with Crippen LogP contribution in [0, 0.1) is 5.82 Å². The van der Waals surface area contributed by atoms with Crippen LogP contribution in [0.4, 0.5) is 4.39 Å². The second-order valence-corrected chi connectivity index (χ2v) is 6.17. The molecule has 0 bridgehead atoms. The molecule has 2 aromatic carbocycles. The first kappa shape index (κ1) is 15.8. The van der Waals surface area contributed by atoms with Gasteiger partial charge >= 0.3 is 0 Å². The van der Waals surface area contributed by atoms with Crippen molar-refractivity contribution in [3.8, 4) is 5.75 Å². The third-order valence-electron chi connectivity index (χ3n) is 4.12. The molecular weight excluding hydrogens is 317 g/mol. The Morgan fingerprint density at radius 1 is 1.22 bits per heavy atom. The van der Waals surface area contributed by atoms with Crippen LogP contribution in [0.2, 0.25) is 5.02 Å². The molecule has 0 spiro atoms. The Morgan fingerprint density at radius 2 is 1.91 bits per heavy atom. The topological polar surface area (TPSA) is 29.5 Å². The van der Waals surface area contributed by atoms with Crippen molar-refractivity contribution in [1.82, 2.24) is 4.90 Å². The zero-order valence-corrected chi connectivity index (χ0v) is 13.7. The van der Waals surface area contributed by atoms with Gasteiger partial charge in [-0.1, -0.05) is 11.6 Å². The smallest absolute Gasteiger partial charge is 0.254 e. The molecule has 0 unspecified atom stereocenters. The van der Waals surface area contributed by atoms with Crippen molar-refractivity contribution in [2.24, 2.45) is 0 Å². The number of fused-ring (bicyclic) bond motifs is 1. The van der Waals surface area contributed by atoms with Crippen LogP contribution in [-0.4, -0.2) is 23.5 Å². The minimum Gasteiger partial charge on any atom is -0.491 e. The maximum absolute atomic E-state index is 13.6. The Morgan fingerprint density at radius 3 is 2.61 bits per heavy atom. The Kier molecular flexibility index (Phi) is 4.26. The number of halogens is 2. The third-order valence-corrected chi connectivity index (χ3v) is 4.37. The van der Waals surface area contributed by atoms with Gasteiger partial charge in [0.05, 0.1) is 12.1 Å². The van der Waals surface area contributed by atoms with Crippen molar-refractivity contribution in [3.05, 3.63) is 64.4 Å². The summed E-state index contributed by atoms with van der Waals surface area (Å²) in [6.07, 6.45) is 0. The predicted molar refractivity (Wildman–Crippen MR) is 87.4 cm³/mol. The lowest BCUT2D eigenvalue weighted by Crippen LogP contribution is -2.41. The number of carbonyl (C=O) groups excluding carboxylic acids is 1. The minimum atomic E-state index is -0.340. The minimum absolute atomic E-state index is 0.123. The lowest BCUT2D eigenvalue weighted by Gasteiger charge is -2.32. The maximum atomic E-state index is 13.6. The zero-order chi connectivity index (χ0) is 16.6. The normalized spacial score (nSPS) is 20.4. The molecule has 1 aliphatic heterocycles. The highest BCUT2D eigenvalue weighted by Gasteiger charge is 2.32. The van der Waals surface area contributed by atoms with Crippen LogP contribution < -0.4 is 4.74 Å². The van der Waals surface area contributed by atoms with Gasteiger partial charge in [0.25, 0.3) is 5.91 Å². The van der Waals surface area contributed by atoms with E-state index in [4.69, 9.17) is 16.3 Å². The second-order valence-electron chi connectivity index (χ2n) is 5.74. The van der Waals surface area contributed by atoms with E-state index >= 15 is 0 Å². The summed E-state index contributed by atoms with van der Waals surface area (Å²) in [6.45, 7) is 4.17. The zero-order valence-electron chi connectivity index (χ0n) is 12.9. The van der Waals surface area contributed by atoms with Gasteiger partial charge in [0.1, 0.15) is 18.2 Å². The molecule has 1 heterocycles. The molecule has 1 amide bonds. The fourth-order valence-corrected chi connectivity index (χ4v) is 3.04. The molecule has 3 nitrogen and oxygen atoms in total. The highest BCUT2D eigenvalue weighted by Crippen LogP contribution is 2.35. The fraction of sp³-hybridized carbons (Fsp3) is 0.278. The van der Waals surface area contributed by atoms with E-state index in [9.17, 15) is 9.18 Å². The molecule has 0 radical (unpaired) electrons. The summed E-state index contributed by atoms with van der Waals surface area (Å²) in [5, 5.41) is 0.578. The quantitative estimate of drug-likeness (QED) is 0.771. The molecule has 23 heavy (non-hydrogen) atoms. The molecule has 120 valence electrons. The fourth-order valence-electron chi connectivity index (χ4n) is 2.92. The summed E-state index contributed by atoms with van der Waals surface area (Å²) >= 11 is 5.88. The number of carbonyl (C=O) groups is 1. The Hall–Kier alpha value is -2.07. The summed E-state index contributed by atoms with van der Waals surface area (Å²) in [7, 11) is 0. The number of amides is 1. The van der Waals surface area contributed by atoms with Crippen LogP contribution in [0.3, 0.4) is 0 Å². The van der Waals surface area contributed by atoms with Gasteiger partial charge in [0, 0.05) is 16.1 Å². The number of hydrogen-bond donors (Lipinski definition) is 0. The van der Waals surface area contributed by atoms with Crippen LogP contribution in [0.5, 0.6) is 5.75 Å². The average molecular weight is 334 g/mol. The Balaban J connectivity index is 1.99. The second kappa shape index (κ2) is 6.20. The Labute approximate surface area is 139 Å². The van der Waals surface area contributed by atoms with E-state index in [2.05, 4.69) is 0 Å². The lowest BCUT2D eigenvalue weighted by atomic mass is 10.0. The molecular formula is C18H17ClFNO2. The first-order valence-electron chi connectivity index (χ1n) is 7.48. The van der Waals surface area contributed by atoms with E-state index in [0.717, 1.165) is 0 Å². The number of nitrogens with zero attached hydrogens (tertiary/aromatic N) is 1. The van der Waals surface area contributed by atoms with Crippen LogP contribution in [-0.2, 0) is 0 Å². The SMILES string of the molecule is C[C@@H]1COc2ccc(F)cc2[C@H](C)N1C(=O)c1ccc(Cl)cc1. The molecule has 0 saturated heterocycles. The van der Waals surface area contributed by atoms with Gasteiger partial charge in [0.2, 0.25) is 0 Å². The van der Waals surface area contributed by atoms with E-state index in [-0.39, 0.29) is 23.8 Å². The molecule has 1 aliphatic rings. The van der Waals surface area contributed by atoms with Gasteiger partial charge in [0.15, 0.2) is 0 Å².